The normalized spacial score (nSPS) is 15.4. The fourth-order valence-electron chi connectivity index (χ4n) is 1.89. The lowest BCUT2D eigenvalue weighted by atomic mass is 10.2. The van der Waals surface area contributed by atoms with E-state index in [0.29, 0.717) is 5.03 Å². The maximum atomic E-state index is 12.1. The van der Waals surface area contributed by atoms with Crippen LogP contribution in [-0.2, 0) is 4.79 Å². The summed E-state index contributed by atoms with van der Waals surface area (Å²) >= 11 is 1.41. The summed E-state index contributed by atoms with van der Waals surface area (Å²) in [6, 6.07) is 7.69. The first-order valence-corrected chi connectivity index (χ1v) is 6.77. The quantitative estimate of drug-likeness (QED) is 0.616. The molecule has 0 saturated carbocycles. The van der Waals surface area contributed by atoms with Gasteiger partial charge in [0.1, 0.15) is 22.4 Å². The molecule has 6 heteroatoms. The number of anilines is 1. The SMILES string of the molecule is COc1ccc2c(c1)S/C(=C(\C#N)C(=O)N(C)C)N2C. The molecule has 0 aliphatic carbocycles. The molecule has 0 bridgehead atoms. The Morgan fingerprint density at radius 1 is 1.45 bits per heavy atom. The van der Waals surface area contributed by atoms with Crippen LogP contribution in [0.3, 0.4) is 0 Å². The van der Waals surface area contributed by atoms with Crippen molar-refractivity contribution in [1.29, 1.82) is 5.26 Å². The number of carbonyl (C=O) groups is 1. The smallest absolute Gasteiger partial charge is 0.266 e. The van der Waals surface area contributed by atoms with Crippen molar-refractivity contribution in [2.75, 3.05) is 33.2 Å². The third-order valence-corrected chi connectivity index (χ3v) is 4.20. The first kappa shape index (κ1) is 14.3. The molecule has 20 heavy (non-hydrogen) atoms. The monoisotopic (exact) mass is 289 g/mol. The van der Waals surface area contributed by atoms with Gasteiger partial charge in [0.25, 0.3) is 5.91 Å². The third-order valence-electron chi connectivity index (χ3n) is 2.99. The van der Waals surface area contributed by atoms with Crippen LogP contribution in [0.25, 0.3) is 0 Å². The number of carbonyl (C=O) groups excluding carboxylic acids is 1. The number of hydrogen-bond donors (Lipinski definition) is 0. The van der Waals surface area contributed by atoms with E-state index in [4.69, 9.17) is 4.74 Å². The number of nitrogens with zero attached hydrogens (tertiary/aromatic N) is 3. The Labute approximate surface area is 122 Å². The highest BCUT2D eigenvalue weighted by atomic mass is 32.2. The fraction of sp³-hybridized carbons (Fsp3) is 0.286. The van der Waals surface area contributed by atoms with Crippen LogP contribution < -0.4 is 9.64 Å². The number of amides is 1. The van der Waals surface area contributed by atoms with Crippen LogP contribution in [0.1, 0.15) is 0 Å². The molecule has 1 aliphatic heterocycles. The zero-order valence-electron chi connectivity index (χ0n) is 11.8. The number of ether oxygens (including phenoxy) is 1. The average Bonchev–Trinajstić information content (AvgIpc) is 2.76. The van der Waals surface area contributed by atoms with Gasteiger partial charge < -0.3 is 14.5 Å². The van der Waals surface area contributed by atoms with E-state index < -0.39 is 0 Å². The highest BCUT2D eigenvalue weighted by molar-refractivity contribution is 8.03. The number of benzene rings is 1. The van der Waals surface area contributed by atoms with Gasteiger partial charge in [0.05, 0.1) is 12.8 Å². The van der Waals surface area contributed by atoms with Crippen molar-refractivity contribution in [3.8, 4) is 11.8 Å². The summed E-state index contributed by atoms with van der Waals surface area (Å²) in [6.45, 7) is 0. The summed E-state index contributed by atoms with van der Waals surface area (Å²) in [4.78, 5) is 16.3. The molecular formula is C14H15N3O2S. The van der Waals surface area contributed by atoms with Gasteiger partial charge in [0, 0.05) is 26.0 Å². The minimum absolute atomic E-state index is 0.151. The lowest BCUT2D eigenvalue weighted by molar-refractivity contribution is -0.124. The van der Waals surface area contributed by atoms with Crippen molar-refractivity contribution >= 4 is 23.4 Å². The molecule has 0 spiro atoms. The molecule has 0 radical (unpaired) electrons. The van der Waals surface area contributed by atoms with Crippen LogP contribution in [0.2, 0.25) is 0 Å². The van der Waals surface area contributed by atoms with Crippen LogP contribution >= 0.6 is 11.8 Å². The van der Waals surface area contributed by atoms with Crippen LogP contribution in [0.15, 0.2) is 33.7 Å². The Balaban J connectivity index is 2.48. The Kier molecular flexibility index (Phi) is 3.91. The van der Waals surface area contributed by atoms with Crippen molar-refractivity contribution in [2.24, 2.45) is 0 Å². The number of fused-ring (bicyclic) bond motifs is 1. The highest BCUT2D eigenvalue weighted by Gasteiger charge is 2.29. The maximum Gasteiger partial charge on any atom is 0.266 e. The second-order valence-corrected chi connectivity index (χ2v) is 5.52. The van der Waals surface area contributed by atoms with Crippen LogP contribution in [0, 0.1) is 11.3 Å². The summed E-state index contributed by atoms with van der Waals surface area (Å²) in [5.41, 5.74) is 1.11. The Morgan fingerprint density at radius 3 is 2.70 bits per heavy atom. The molecule has 2 rings (SSSR count). The molecule has 1 aromatic rings. The standard InChI is InChI=1S/C14H15N3O2S/c1-16(2)13(18)10(8-15)14-17(3)11-6-5-9(19-4)7-12(11)20-14/h5-7H,1-4H3/b14-10+. The number of methoxy groups -OCH3 is 1. The molecule has 0 fully saturated rings. The van der Waals surface area contributed by atoms with Gasteiger partial charge in [-0.15, -0.1) is 0 Å². The van der Waals surface area contributed by atoms with Crippen LogP contribution in [-0.4, -0.2) is 39.1 Å². The van der Waals surface area contributed by atoms with Gasteiger partial charge in [0.2, 0.25) is 0 Å². The van der Waals surface area contributed by atoms with Crippen molar-refractivity contribution in [1.82, 2.24) is 4.90 Å². The van der Waals surface area contributed by atoms with Gasteiger partial charge >= 0.3 is 0 Å². The second-order valence-electron chi connectivity index (χ2n) is 4.49. The van der Waals surface area contributed by atoms with E-state index in [9.17, 15) is 10.1 Å². The van der Waals surface area contributed by atoms with Crippen molar-refractivity contribution in [3.63, 3.8) is 0 Å². The summed E-state index contributed by atoms with van der Waals surface area (Å²) in [6.07, 6.45) is 0. The minimum atomic E-state index is -0.290. The molecule has 0 saturated heterocycles. The average molecular weight is 289 g/mol. The van der Waals surface area contributed by atoms with E-state index in [-0.39, 0.29) is 11.5 Å². The Hall–Kier alpha value is -2.13. The van der Waals surface area contributed by atoms with E-state index in [1.165, 1.54) is 16.7 Å². The highest BCUT2D eigenvalue weighted by Crippen LogP contribution is 2.47. The van der Waals surface area contributed by atoms with E-state index in [1.54, 1.807) is 21.2 Å². The second kappa shape index (κ2) is 5.47. The fourth-order valence-corrected chi connectivity index (χ4v) is 3.05. The van der Waals surface area contributed by atoms with E-state index in [2.05, 4.69) is 0 Å². The summed E-state index contributed by atoms with van der Waals surface area (Å²) in [7, 11) is 6.73. The lowest BCUT2D eigenvalue weighted by Gasteiger charge is -2.16. The number of thioether (sulfide) groups is 1. The minimum Gasteiger partial charge on any atom is -0.497 e. The van der Waals surface area contributed by atoms with Crippen molar-refractivity contribution < 1.29 is 9.53 Å². The number of nitriles is 1. The van der Waals surface area contributed by atoms with Gasteiger partial charge in [-0.25, -0.2) is 0 Å². The zero-order valence-corrected chi connectivity index (χ0v) is 12.6. The van der Waals surface area contributed by atoms with Gasteiger partial charge in [0.15, 0.2) is 0 Å². The molecular weight excluding hydrogens is 274 g/mol. The predicted octanol–water partition coefficient (Wildman–Crippen LogP) is 2.06. The van der Waals surface area contributed by atoms with Gasteiger partial charge in [-0.1, -0.05) is 11.8 Å². The summed E-state index contributed by atoms with van der Waals surface area (Å²) < 4.78 is 5.19. The topological polar surface area (TPSA) is 56.6 Å². The molecule has 0 N–H and O–H groups in total. The predicted molar refractivity (Wildman–Crippen MR) is 78.6 cm³/mol. The maximum absolute atomic E-state index is 12.1. The lowest BCUT2D eigenvalue weighted by Crippen LogP contribution is -2.26. The molecule has 0 unspecified atom stereocenters. The molecule has 104 valence electrons. The molecule has 0 aromatic heterocycles. The Morgan fingerprint density at radius 2 is 2.15 bits per heavy atom. The molecule has 0 atom stereocenters. The van der Waals surface area contributed by atoms with Crippen LogP contribution in [0.5, 0.6) is 5.75 Å². The van der Waals surface area contributed by atoms with Gasteiger partial charge in [-0.05, 0) is 18.2 Å². The zero-order chi connectivity index (χ0) is 14.9. The molecule has 1 amide bonds. The van der Waals surface area contributed by atoms with Crippen molar-refractivity contribution in [2.45, 2.75) is 4.90 Å². The molecule has 1 heterocycles. The Bertz CT molecular complexity index is 632. The van der Waals surface area contributed by atoms with E-state index in [0.717, 1.165) is 16.3 Å². The van der Waals surface area contributed by atoms with E-state index in [1.807, 2.05) is 36.2 Å². The number of hydrogen-bond acceptors (Lipinski definition) is 5. The molecule has 1 aliphatic rings. The van der Waals surface area contributed by atoms with Crippen molar-refractivity contribution in [3.05, 3.63) is 28.8 Å². The third kappa shape index (κ3) is 2.32. The van der Waals surface area contributed by atoms with Gasteiger partial charge in [-0.3, -0.25) is 4.79 Å². The first-order valence-electron chi connectivity index (χ1n) is 5.95. The number of likely N-dealkylation sites (N-methyl/N-ethyl adjacent to an activating group) is 1. The summed E-state index contributed by atoms with van der Waals surface area (Å²) in [5.74, 6) is 0.463. The van der Waals surface area contributed by atoms with Crippen LogP contribution in [0.4, 0.5) is 5.69 Å². The molecule has 5 nitrogen and oxygen atoms in total. The van der Waals surface area contributed by atoms with Gasteiger partial charge in [-0.2, -0.15) is 5.26 Å². The molecule has 1 aromatic carbocycles. The number of rotatable bonds is 2. The largest absolute Gasteiger partial charge is 0.497 e. The van der Waals surface area contributed by atoms with E-state index >= 15 is 0 Å². The first-order chi connectivity index (χ1) is 9.49. The summed E-state index contributed by atoms with van der Waals surface area (Å²) in [5, 5.41) is 9.93.